The Hall–Kier alpha value is -0.650. The summed E-state index contributed by atoms with van der Waals surface area (Å²) in [7, 11) is 1.74. The third-order valence-corrected chi connectivity index (χ3v) is 4.44. The van der Waals surface area contributed by atoms with E-state index in [2.05, 4.69) is 13.8 Å². The van der Waals surface area contributed by atoms with Crippen molar-refractivity contribution in [1.29, 1.82) is 0 Å². The highest BCUT2D eigenvalue weighted by Gasteiger charge is 2.57. The summed E-state index contributed by atoms with van der Waals surface area (Å²) >= 11 is 0. The van der Waals surface area contributed by atoms with Crippen LogP contribution in [0.5, 0.6) is 0 Å². The van der Waals surface area contributed by atoms with Gasteiger partial charge < -0.3 is 14.9 Å². The highest BCUT2D eigenvalue weighted by atomic mass is 16.6. The molecule has 0 aromatic carbocycles. The smallest absolute Gasteiger partial charge is 0.326 e. The highest BCUT2D eigenvalue weighted by molar-refractivity contribution is 5.75. The molecule has 0 aliphatic carbocycles. The maximum absolute atomic E-state index is 11.4. The normalized spacial score (nSPS) is 40.2. The van der Waals surface area contributed by atoms with Crippen LogP contribution < -0.4 is 0 Å². The minimum atomic E-state index is -1.52. The minimum Gasteiger partial charge on any atom is -0.480 e. The molecular weight excluding hydrogens is 246 g/mol. The summed E-state index contributed by atoms with van der Waals surface area (Å²) in [6, 6.07) is -0.949. The lowest BCUT2D eigenvalue weighted by atomic mass is 9.84. The molecular formula is C14H25NO4. The second kappa shape index (κ2) is 5.38. The molecule has 2 fully saturated rings. The molecule has 2 aliphatic rings. The second-order valence-corrected chi connectivity index (χ2v) is 6.50. The number of hydrogen-bond acceptors (Lipinski definition) is 4. The number of aliphatic hydroxyl groups is 1. The molecule has 0 saturated carbocycles. The molecule has 0 amide bonds. The predicted molar refractivity (Wildman–Crippen MR) is 70.6 cm³/mol. The SMILES string of the molecule is CC(C)C[C@@H]1CCO[C@]2(O)[C@@H](C1)CN(C)[C@@H]2C(=O)O. The maximum atomic E-state index is 11.4. The number of ether oxygens (including phenoxy) is 1. The van der Waals surface area contributed by atoms with Gasteiger partial charge in [0.2, 0.25) is 0 Å². The molecule has 2 rings (SSSR count). The lowest BCUT2D eigenvalue weighted by Crippen LogP contribution is -2.52. The van der Waals surface area contributed by atoms with Gasteiger partial charge in [-0.15, -0.1) is 0 Å². The van der Waals surface area contributed by atoms with E-state index in [1.807, 2.05) is 0 Å². The summed E-state index contributed by atoms with van der Waals surface area (Å²) in [4.78, 5) is 13.1. The molecule has 2 N–H and O–H groups in total. The zero-order chi connectivity index (χ0) is 14.2. The van der Waals surface area contributed by atoms with E-state index >= 15 is 0 Å². The largest absolute Gasteiger partial charge is 0.480 e. The Morgan fingerprint density at radius 3 is 2.79 bits per heavy atom. The number of carboxylic acid groups (broad SMARTS) is 1. The van der Waals surface area contributed by atoms with Crippen molar-refractivity contribution in [2.45, 2.75) is 44.9 Å². The molecule has 5 heteroatoms. The number of fused-ring (bicyclic) bond motifs is 1. The number of hydrogen-bond donors (Lipinski definition) is 2. The average molecular weight is 271 g/mol. The first kappa shape index (κ1) is 14.8. The minimum absolute atomic E-state index is 0.107. The Balaban J connectivity index is 2.16. The van der Waals surface area contributed by atoms with Crippen molar-refractivity contribution in [2.24, 2.45) is 17.8 Å². The van der Waals surface area contributed by atoms with Crippen molar-refractivity contribution in [2.75, 3.05) is 20.2 Å². The summed E-state index contributed by atoms with van der Waals surface area (Å²) in [6.45, 7) is 5.42. The first-order valence-electron chi connectivity index (χ1n) is 7.14. The second-order valence-electron chi connectivity index (χ2n) is 6.50. The molecule has 5 nitrogen and oxygen atoms in total. The van der Waals surface area contributed by atoms with Crippen LogP contribution in [0, 0.1) is 17.8 Å². The molecule has 19 heavy (non-hydrogen) atoms. The van der Waals surface area contributed by atoms with Gasteiger partial charge in [-0.25, -0.2) is 0 Å². The Kier molecular flexibility index (Phi) is 4.18. The third-order valence-electron chi connectivity index (χ3n) is 4.44. The lowest BCUT2D eigenvalue weighted by Gasteiger charge is -2.31. The summed E-state index contributed by atoms with van der Waals surface area (Å²) < 4.78 is 5.60. The van der Waals surface area contributed by atoms with Crippen LogP contribution in [0.25, 0.3) is 0 Å². The molecule has 2 aliphatic heterocycles. The summed E-state index contributed by atoms with van der Waals surface area (Å²) in [5.41, 5.74) is 0. The van der Waals surface area contributed by atoms with Crippen LogP contribution in [0.3, 0.4) is 0 Å². The van der Waals surface area contributed by atoms with Gasteiger partial charge in [0.1, 0.15) is 0 Å². The zero-order valence-electron chi connectivity index (χ0n) is 12.0. The molecule has 0 radical (unpaired) electrons. The van der Waals surface area contributed by atoms with Crippen LogP contribution >= 0.6 is 0 Å². The molecule has 0 bridgehead atoms. The van der Waals surface area contributed by atoms with E-state index < -0.39 is 17.8 Å². The Labute approximate surface area is 114 Å². The van der Waals surface area contributed by atoms with E-state index in [9.17, 15) is 15.0 Å². The number of carboxylic acids is 1. The van der Waals surface area contributed by atoms with Crippen molar-refractivity contribution >= 4 is 5.97 Å². The third kappa shape index (κ3) is 2.78. The van der Waals surface area contributed by atoms with Gasteiger partial charge in [0.15, 0.2) is 11.8 Å². The van der Waals surface area contributed by atoms with Gasteiger partial charge in [-0.3, -0.25) is 9.69 Å². The van der Waals surface area contributed by atoms with E-state index in [0.717, 1.165) is 19.3 Å². The first-order chi connectivity index (χ1) is 8.84. The van der Waals surface area contributed by atoms with Gasteiger partial charge >= 0.3 is 5.97 Å². The zero-order valence-corrected chi connectivity index (χ0v) is 12.0. The predicted octanol–water partition coefficient (Wildman–Crippen LogP) is 1.16. The molecule has 0 spiro atoms. The quantitative estimate of drug-likeness (QED) is 0.806. The standard InChI is InChI=1S/C14H25NO4/c1-9(2)6-10-4-5-19-14(18)11(7-10)8-15(3)12(14)13(16)17/h9-12,18H,4-8H2,1-3H3,(H,16,17)/t10-,11-,12+,14+/m0/s1. The van der Waals surface area contributed by atoms with Gasteiger partial charge in [0.25, 0.3) is 0 Å². The van der Waals surface area contributed by atoms with E-state index in [1.54, 1.807) is 11.9 Å². The van der Waals surface area contributed by atoms with E-state index in [0.29, 0.717) is 25.0 Å². The average Bonchev–Trinajstić information content (AvgIpc) is 2.39. The van der Waals surface area contributed by atoms with Crippen LogP contribution in [0.1, 0.15) is 33.1 Å². The summed E-state index contributed by atoms with van der Waals surface area (Å²) in [5.74, 6) is -1.50. The highest BCUT2D eigenvalue weighted by Crippen LogP contribution is 2.42. The summed E-state index contributed by atoms with van der Waals surface area (Å²) in [5, 5.41) is 20.0. The number of carbonyl (C=O) groups is 1. The van der Waals surface area contributed by atoms with Gasteiger partial charge in [0, 0.05) is 12.5 Å². The van der Waals surface area contributed by atoms with Crippen molar-refractivity contribution in [1.82, 2.24) is 4.90 Å². The molecule has 0 unspecified atom stereocenters. The van der Waals surface area contributed by atoms with Crippen molar-refractivity contribution in [3.05, 3.63) is 0 Å². The van der Waals surface area contributed by atoms with Gasteiger partial charge in [-0.1, -0.05) is 13.8 Å². The van der Waals surface area contributed by atoms with Crippen molar-refractivity contribution in [3.63, 3.8) is 0 Å². The fraction of sp³-hybridized carbons (Fsp3) is 0.929. The monoisotopic (exact) mass is 271 g/mol. The van der Waals surface area contributed by atoms with Crippen molar-refractivity contribution < 1.29 is 19.7 Å². The Morgan fingerprint density at radius 1 is 1.53 bits per heavy atom. The number of likely N-dealkylation sites (tertiary alicyclic amines) is 1. The van der Waals surface area contributed by atoms with Crippen molar-refractivity contribution in [3.8, 4) is 0 Å². The van der Waals surface area contributed by atoms with Gasteiger partial charge in [-0.05, 0) is 38.1 Å². The van der Waals surface area contributed by atoms with Crippen LogP contribution in [0.2, 0.25) is 0 Å². The number of aliphatic carboxylic acids is 1. The van der Waals surface area contributed by atoms with Gasteiger partial charge in [-0.2, -0.15) is 0 Å². The molecule has 0 aromatic rings. The number of rotatable bonds is 3. The summed E-state index contributed by atoms with van der Waals surface area (Å²) in [6.07, 6.45) is 2.87. The lowest BCUT2D eigenvalue weighted by molar-refractivity contribution is -0.235. The molecule has 110 valence electrons. The Morgan fingerprint density at radius 2 is 2.21 bits per heavy atom. The van der Waals surface area contributed by atoms with Gasteiger partial charge in [0.05, 0.1) is 6.61 Å². The van der Waals surface area contributed by atoms with E-state index in [-0.39, 0.29) is 5.92 Å². The maximum Gasteiger partial charge on any atom is 0.326 e. The van der Waals surface area contributed by atoms with Crippen LogP contribution in [0.15, 0.2) is 0 Å². The van der Waals surface area contributed by atoms with Crippen LogP contribution in [-0.2, 0) is 9.53 Å². The van der Waals surface area contributed by atoms with E-state index in [4.69, 9.17) is 4.74 Å². The fourth-order valence-corrected chi connectivity index (χ4v) is 3.72. The fourth-order valence-electron chi connectivity index (χ4n) is 3.72. The first-order valence-corrected chi connectivity index (χ1v) is 7.14. The molecule has 4 atom stereocenters. The molecule has 2 saturated heterocycles. The van der Waals surface area contributed by atoms with Crippen LogP contribution in [0.4, 0.5) is 0 Å². The van der Waals surface area contributed by atoms with E-state index in [1.165, 1.54) is 0 Å². The molecule has 2 heterocycles. The topological polar surface area (TPSA) is 70.0 Å². The molecule has 0 aromatic heterocycles. The number of likely N-dealkylation sites (N-methyl/N-ethyl adjacent to an activating group) is 1. The number of nitrogens with zero attached hydrogens (tertiary/aromatic N) is 1. The Bertz CT molecular complexity index is 346. The van der Waals surface area contributed by atoms with Crippen LogP contribution in [-0.4, -0.2) is 53.1 Å².